The second-order valence-corrected chi connectivity index (χ2v) is 8.63. The van der Waals surface area contributed by atoms with Crippen molar-refractivity contribution in [3.63, 3.8) is 0 Å². The second kappa shape index (κ2) is 10.1. The summed E-state index contributed by atoms with van der Waals surface area (Å²) in [6.07, 6.45) is 0.817. The van der Waals surface area contributed by atoms with E-state index < -0.39 is 6.03 Å². The molecule has 0 unspecified atom stereocenters. The van der Waals surface area contributed by atoms with Crippen molar-refractivity contribution < 1.29 is 9.59 Å². The van der Waals surface area contributed by atoms with Gasteiger partial charge in [0.05, 0.1) is 5.75 Å². The molecule has 0 aliphatic rings. The largest absolute Gasteiger partial charge is 0.335 e. The Kier molecular flexibility index (Phi) is 8.81. The van der Waals surface area contributed by atoms with Crippen molar-refractivity contribution in [2.45, 2.75) is 48.8 Å². The maximum absolute atomic E-state index is 11.7. The van der Waals surface area contributed by atoms with Crippen LogP contribution in [0.1, 0.15) is 34.1 Å². The van der Waals surface area contributed by atoms with E-state index in [2.05, 4.69) is 34.7 Å². The molecule has 0 aromatic carbocycles. The lowest BCUT2D eigenvalue weighted by Crippen LogP contribution is -2.43. The van der Waals surface area contributed by atoms with Crippen molar-refractivity contribution in [1.82, 2.24) is 20.8 Å². The summed E-state index contributed by atoms with van der Waals surface area (Å²) >= 11 is 4.43. The number of urea groups is 1. The summed E-state index contributed by atoms with van der Waals surface area (Å²) < 4.78 is 1.65. The van der Waals surface area contributed by atoms with Crippen LogP contribution >= 0.6 is 34.9 Å². The van der Waals surface area contributed by atoms with E-state index in [4.69, 9.17) is 0 Å². The number of nitrogens with one attached hydrogen (secondary N) is 2. The van der Waals surface area contributed by atoms with Crippen LogP contribution in [0.2, 0.25) is 0 Å². The quantitative estimate of drug-likeness (QED) is 0.692. The van der Waals surface area contributed by atoms with Crippen molar-refractivity contribution in [3.8, 4) is 0 Å². The van der Waals surface area contributed by atoms with Crippen molar-refractivity contribution >= 4 is 46.8 Å². The topological polar surface area (TPSA) is 84.0 Å². The molecule has 22 heavy (non-hydrogen) atoms. The van der Waals surface area contributed by atoms with Crippen molar-refractivity contribution in [2.24, 2.45) is 5.92 Å². The van der Waals surface area contributed by atoms with Crippen LogP contribution in [-0.4, -0.2) is 39.7 Å². The smallest absolute Gasteiger partial charge is 0.321 e. The first kappa shape index (κ1) is 19.2. The molecule has 6 nitrogen and oxygen atoms in total. The molecule has 2 N–H and O–H groups in total. The molecule has 1 heterocycles. The van der Waals surface area contributed by atoms with Crippen LogP contribution < -0.4 is 10.6 Å². The molecular weight excluding hydrogens is 340 g/mol. The third-order valence-electron chi connectivity index (χ3n) is 2.50. The first-order valence-corrected chi connectivity index (χ1v) is 9.88. The molecule has 9 heteroatoms. The Hall–Kier alpha value is -0.800. The standard InChI is InChI=1S/C13H22N4O2S3/c1-5-9(4)14-11(19)15-10(18)7-21-13-17-16-12(22-13)20-6-8(2)3/h8-9H,5-7H2,1-4H3,(H2,14,15,18,19)/t9-/m1/s1. The lowest BCUT2D eigenvalue weighted by atomic mass is 10.3. The number of rotatable bonds is 8. The molecule has 0 saturated carbocycles. The second-order valence-electron chi connectivity index (χ2n) is 5.16. The zero-order valence-corrected chi connectivity index (χ0v) is 15.7. The van der Waals surface area contributed by atoms with E-state index in [0.717, 1.165) is 20.9 Å². The minimum absolute atomic E-state index is 0.0455. The van der Waals surface area contributed by atoms with Gasteiger partial charge in [-0.05, 0) is 19.3 Å². The Labute approximate surface area is 143 Å². The average Bonchev–Trinajstić information content (AvgIpc) is 2.90. The van der Waals surface area contributed by atoms with E-state index in [1.54, 1.807) is 11.8 Å². The highest BCUT2D eigenvalue weighted by Crippen LogP contribution is 2.29. The summed E-state index contributed by atoms with van der Waals surface area (Å²) in [6, 6.07) is -0.408. The van der Waals surface area contributed by atoms with Gasteiger partial charge in [-0.15, -0.1) is 10.2 Å². The molecule has 0 radical (unpaired) electrons. The summed E-state index contributed by atoms with van der Waals surface area (Å²) in [4.78, 5) is 23.2. The maximum atomic E-state index is 11.7. The predicted octanol–water partition coefficient (Wildman–Crippen LogP) is 3.00. The highest BCUT2D eigenvalue weighted by molar-refractivity contribution is 8.03. The SMILES string of the molecule is CC[C@@H](C)NC(=O)NC(=O)CSc1nnc(SCC(C)C)s1. The first-order chi connectivity index (χ1) is 10.4. The third-order valence-corrected chi connectivity index (χ3v) is 6.11. The van der Waals surface area contributed by atoms with E-state index in [1.807, 2.05) is 13.8 Å². The van der Waals surface area contributed by atoms with Gasteiger partial charge in [-0.1, -0.05) is 55.6 Å². The predicted molar refractivity (Wildman–Crippen MR) is 92.6 cm³/mol. The highest BCUT2D eigenvalue weighted by Gasteiger charge is 2.12. The first-order valence-electron chi connectivity index (χ1n) is 7.10. The molecule has 0 aliphatic heterocycles. The molecule has 0 aliphatic carbocycles. The van der Waals surface area contributed by atoms with Gasteiger partial charge in [0.2, 0.25) is 5.91 Å². The van der Waals surface area contributed by atoms with Gasteiger partial charge in [-0.3, -0.25) is 10.1 Å². The van der Waals surface area contributed by atoms with Gasteiger partial charge < -0.3 is 5.32 Å². The number of aromatic nitrogens is 2. The maximum Gasteiger partial charge on any atom is 0.321 e. The van der Waals surface area contributed by atoms with Gasteiger partial charge in [0.15, 0.2) is 8.68 Å². The van der Waals surface area contributed by atoms with Gasteiger partial charge in [0.25, 0.3) is 0 Å². The fourth-order valence-electron chi connectivity index (χ4n) is 1.20. The van der Waals surface area contributed by atoms with E-state index in [1.165, 1.54) is 23.1 Å². The Bertz CT molecular complexity index is 493. The van der Waals surface area contributed by atoms with Crippen LogP contribution in [0, 0.1) is 5.92 Å². The van der Waals surface area contributed by atoms with Crippen LogP contribution in [0.3, 0.4) is 0 Å². The Morgan fingerprint density at radius 2 is 1.82 bits per heavy atom. The van der Waals surface area contributed by atoms with Crippen molar-refractivity contribution in [3.05, 3.63) is 0 Å². The summed E-state index contributed by atoms with van der Waals surface area (Å²) in [6.45, 7) is 8.15. The number of hydrogen-bond acceptors (Lipinski definition) is 7. The van der Waals surface area contributed by atoms with Gasteiger partial charge in [0.1, 0.15) is 0 Å². The number of nitrogens with zero attached hydrogens (tertiary/aromatic N) is 2. The van der Waals surface area contributed by atoms with Gasteiger partial charge in [-0.25, -0.2) is 4.79 Å². The van der Waals surface area contributed by atoms with E-state index in [-0.39, 0.29) is 17.7 Å². The van der Waals surface area contributed by atoms with Gasteiger partial charge in [-0.2, -0.15) is 0 Å². The molecule has 1 aromatic rings. The van der Waals surface area contributed by atoms with E-state index in [9.17, 15) is 9.59 Å². The minimum atomic E-state index is -0.453. The molecule has 0 bridgehead atoms. The highest BCUT2D eigenvalue weighted by atomic mass is 32.2. The molecule has 1 atom stereocenters. The van der Waals surface area contributed by atoms with E-state index in [0.29, 0.717) is 5.92 Å². The minimum Gasteiger partial charge on any atom is -0.335 e. The summed E-state index contributed by atoms with van der Waals surface area (Å²) in [7, 11) is 0. The Morgan fingerprint density at radius 1 is 1.18 bits per heavy atom. The molecule has 124 valence electrons. The van der Waals surface area contributed by atoms with Crippen LogP contribution in [-0.2, 0) is 4.79 Å². The molecular formula is C13H22N4O2S3. The Balaban J connectivity index is 2.30. The van der Waals surface area contributed by atoms with Crippen molar-refractivity contribution in [1.29, 1.82) is 0 Å². The Morgan fingerprint density at radius 3 is 2.41 bits per heavy atom. The lowest BCUT2D eigenvalue weighted by molar-refractivity contribution is -0.117. The molecule has 1 rings (SSSR count). The van der Waals surface area contributed by atoms with Crippen molar-refractivity contribution in [2.75, 3.05) is 11.5 Å². The molecule has 0 saturated heterocycles. The van der Waals surface area contributed by atoms with Gasteiger partial charge in [0, 0.05) is 11.8 Å². The van der Waals surface area contributed by atoms with Crippen LogP contribution in [0.5, 0.6) is 0 Å². The number of carbonyl (C=O) groups excluding carboxylic acids is 2. The summed E-state index contributed by atoms with van der Waals surface area (Å²) in [5.41, 5.74) is 0. The summed E-state index contributed by atoms with van der Waals surface area (Å²) in [5, 5.41) is 13.1. The molecule has 1 aromatic heterocycles. The fraction of sp³-hybridized carbons (Fsp3) is 0.692. The van der Waals surface area contributed by atoms with E-state index >= 15 is 0 Å². The summed E-state index contributed by atoms with van der Waals surface area (Å²) in [5.74, 6) is 1.41. The zero-order chi connectivity index (χ0) is 16.5. The fourth-order valence-corrected chi connectivity index (χ4v) is 4.00. The number of amides is 3. The molecule has 0 fully saturated rings. The van der Waals surface area contributed by atoms with Crippen LogP contribution in [0.4, 0.5) is 4.79 Å². The number of thioether (sulfide) groups is 2. The lowest BCUT2D eigenvalue weighted by Gasteiger charge is -2.11. The molecule has 0 spiro atoms. The number of carbonyl (C=O) groups is 2. The normalized spacial score (nSPS) is 12.2. The third kappa shape index (κ3) is 8.00. The van der Waals surface area contributed by atoms with Crippen LogP contribution in [0.25, 0.3) is 0 Å². The zero-order valence-electron chi connectivity index (χ0n) is 13.2. The molecule has 3 amide bonds. The monoisotopic (exact) mass is 362 g/mol. The van der Waals surface area contributed by atoms with Crippen LogP contribution in [0.15, 0.2) is 8.68 Å². The number of hydrogen-bond donors (Lipinski definition) is 2. The number of imide groups is 1. The average molecular weight is 363 g/mol. The van der Waals surface area contributed by atoms with Gasteiger partial charge >= 0.3 is 6.03 Å².